The van der Waals surface area contributed by atoms with E-state index in [-0.39, 0.29) is 11.8 Å². The van der Waals surface area contributed by atoms with Gasteiger partial charge in [0.25, 0.3) is 5.91 Å². The summed E-state index contributed by atoms with van der Waals surface area (Å²) in [6, 6.07) is 23.1. The quantitative estimate of drug-likeness (QED) is 0.353. The van der Waals surface area contributed by atoms with Gasteiger partial charge in [-0.25, -0.2) is 4.98 Å². The number of halogens is 1. The van der Waals surface area contributed by atoms with Gasteiger partial charge < -0.3 is 10.3 Å². The Hall–Kier alpha value is -3.37. The molecule has 1 amide bonds. The summed E-state index contributed by atoms with van der Waals surface area (Å²) in [5, 5.41) is 3.45. The maximum Gasteiger partial charge on any atom is 0.258 e. The molecule has 2 aromatic carbocycles. The van der Waals surface area contributed by atoms with Gasteiger partial charge in [0.2, 0.25) is 0 Å². The second-order valence-electron chi connectivity index (χ2n) is 7.37. The number of hydrogen-bond acceptors (Lipinski definition) is 2. The fourth-order valence-corrected chi connectivity index (χ4v) is 3.75. The fraction of sp³-hybridized carbons (Fsp3) is 0.120. The smallest absolute Gasteiger partial charge is 0.258 e. The Morgan fingerprint density at radius 2 is 1.63 bits per heavy atom. The molecule has 0 saturated carbocycles. The number of hydrogen-bond donors (Lipinski definition) is 2. The second-order valence-corrected chi connectivity index (χ2v) is 7.76. The number of pyridine rings is 1. The van der Waals surface area contributed by atoms with E-state index in [0.717, 1.165) is 33.8 Å². The molecule has 2 N–H and O–H groups in total. The lowest BCUT2D eigenvalue weighted by atomic mass is 9.94. The first-order valence-electron chi connectivity index (χ1n) is 9.84. The summed E-state index contributed by atoms with van der Waals surface area (Å²) in [6.07, 6.45) is 1.67. The largest absolute Gasteiger partial charge is 0.357 e. The van der Waals surface area contributed by atoms with Gasteiger partial charge in [0.1, 0.15) is 5.15 Å². The zero-order valence-electron chi connectivity index (χ0n) is 16.8. The van der Waals surface area contributed by atoms with E-state index >= 15 is 0 Å². The van der Waals surface area contributed by atoms with Crippen LogP contribution in [0.25, 0.3) is 22.4 Å². The van der Waals surface area contributed by atoms with E-state index in [2.05, 4.69) is 29.1 Å². The summed E-state index contributed by atoms with van der Waals surface area (Å²) in [7, 11) is 0. The number of nitrogens with zero attached hydrogens (tertiary/aromatic N) is 1. The SMILES string of the molecule is CC(C)c1[nH]c(-c2ccnc(Cl)c2)c(-c2ccccc2)c1C(=O)Nc1ccccc1. The van der Waals surface area contributed by atoms with Crippen LogP contribution in [0.1, 0.15) is 35.8 Å². The molecule has 0 saturated heterocycles. The Balaban J connectivity index is 1.94. The Bertz CT molecular complexity index is 1170. The molecule has 150 valence electrons. The summed E-state index contributed by atoms with van der Waals surface area (Å²) in [6.45, 7) is 4.15. The molecule has 0 unspecified atom stereocenters. The van der Waals surface area contributed by atoms with Gasteiger partial charge in [-0.15, -0.1) is 0 Å². The van der Waals surface area contributed by atoms with Crippen molar-refractivity contribution in [1.82, 2.24) is 9.97 Å². The Morgan fingerprint density at radius 1 is 0.967 bits per heavy atom. The van der Waals surface area contributed by atoms with E-state index in [4.69, 9.17) is 11.6 Å². The van der Waals surface area contributed by atoms with Crippen LogP contribution in [0.3, 0.4) is 0 Å². The van der Waals surface area contributed by atoms with Gasteiger partial charge in [-0.2, -0.15) is 0 Å². The second kappa shape index (κ2) is 8.56. The molecular formula is C25H22ClN3O. The van der Waals surface area contributed by atoms with Crippen molar-refractivity contribution in [2.75, 3.05) is 5.32 Å². The van der Waals surface area contributed by atoms with Crippen molar-refractivity contribution in [3.8, 4) is 22.4 Å². The zero-order valence-corrected chi connectivity index (χ0v) is 17.6. The van der Waals surface area contributed by atoms with Gasteiger partial charge >= 0.3 is 0 Å². The molecule has 4 nitrogen and oxygen atoms in total. The average Bonchev–Trinajstić information content (AvgIpc) is 3.16. The van der Waals surface area contributed by atoms with Crippen LogP contribution in [0.2, 0.25) is 5.15 Å². The maximum atomic E-state index is 13.5. The predicted octanol–water partition coefficient (Wildman–Crippen LogP) is 6.77. The van der Waals surface area contributed by atoms with Crippen LogP contribution < -0.4 is 5.32 Å². The van der Waals surface area contributed by atoms with Crippen LogP contribution in [-0.4, -0.2) is 15.9 Å². The highest BCUT2D eigenvalue weighted by atomic mass is 35.5. The third kappa shape index (κ3) is 4.00. The summed E-state index contributed by atoms with van der Waals surface area (Å²) in [5.41, 5.74) is 5.83. The lowest BCUT2D eigenvalue weighted by Crippen LogP contribution is -2.14. The van der Waals surface area contributed by atoms with Gasteiger partial charge in [0, 0.05) is 28.7 Å². The summed E-state index contributed by atoms with van der Waals surface area (Å²) >= 11 is 6.17. The number of aromatic amines is 1. The fourth-order valence-electron chi connectivity index (χ4n) is 3.57. The molecule has 0 aliphatic carbocycles. The number of rotatable bonds is 5. The molecule has 0 aliphatic rings. The number of nitrogens with one attached hydrogen (secondary N) is 2. The van der Waals surface area contributed by atoms with Crippen LogP contribution in [0.5, 0.6) is 0 Å². The highest BCUT2D eigenvalue weighted by Crippen LogP contribution is 2.39. The summed E-state index contributed by atoms with van der Waals surface area (Å²) < 4.78 is 0. The van der Waals surface area contributed by atoms with E-state index in [0.29, 0.717) is 10.7 Å². The average molecular weight is 416 g/mol. The van der Waals surface area contributed by atoms with Crippen molar-refractivity contribution in [2.24, 2.45) is 0 Å². The molecule has 0 fully saturated rings. The highest BCUT2D eigenvalue weighted by molar-refractivity contribution is 6.29. The number of H-pyrrole nitrogens is 1. The Labute approximate surface area is 181 Å². The van der Waals surface area contributed by atoms with Crippen molar-refractivity contribution in [3.05, 3.63) is 95.4 Å². The van der Waals surface area contributed by atoms with Gasteiger partial charge in [0.05, 0.1) is 11.3 Å². The minimum atomic E-state index is -0.147. The molecule has 2 aromatic heterocycles. The lowest BCUT2D eigenvalue weighted by molar-refractivity contribution is 0.102. The van der Waals surface area contributed by atoms with Crippen molar-refractivity contribution in [2.45, 2.75) is 19.8 Å². The van der Waals surface area contributed by atoms with E-state index in [9.17, 15) is 4.79 Å². The van der Waals surface area contributed by atoms with Crippen LogP contribution in [0.15, 0.2) is 79.0 Å². The summed E-state index contributed by atoms with van der Waals surface area (Å²) in [5.74, 6) is -0.0264. The Morgan fingerprint density at radius 3 is 2.27 bits per heavy atom. The third-order valence-electron chi connectivity index (χ3n) is 4.94. The molecule has 0 radical (unpaired) electrons. The number of carbonyl (C=O) groups is 1. The predicted molar refractivity (Wildman–Crippen MR) is 123 cm³/mol. The number of aromatic nitrogens is 2. The van der Waals surface area contributed by atoms with Crippen LogP contribution >= 0.6 is 11.6 Å². The zero-order chi connectivity index (χ0) is 21.1. The van der Waals surface area contributed by atoms with E-state index in [1.165, 1.54) is 0 Å². The van der Waals surface area contributed by atoms with Crippen molar-refractivity contribution in [3.63, 3.8) is 0 Å². The van der Waals surface area contributed by atoms with Crippen LogP contribution in [0, 0.1) is 0 Å². The molecule has 0 spiro atoms. The van der Waals surface area contributed by atoms with Crippen molar-refractivity contribution >= 4 is 23.2 Å². The number of carbonyl (C=O) groups excluding carboxylic acids is 1. The minimum absolute atomic E-state index is 0.120. The van der Waals surface area contributed by atoms with Crippen molar-refractivity contribution < 1.29 is 4.79 Å². The molecular weight excluding hydrogens is 394 g/mol. The van der Waals surface area contributed by atoms with Crippen molar-refractivity contribution in [1.29, 1.82) is 0 Å². The van der Waals surface area contributed by atoms with Crippen LogP contribution in [-0.2, 0) is 0 Å². The van der Waals surface area contributed by atoms with Gasteiger partial charge in [-0.1, -0.05) is 74.0 Å². The summed E-state index contributed by atoms with van der Waals surface area (Å²) in [4.78, 5) is 21.1. The molecule has 30 heavy (non-hydrogen) atoms. The first-order chi connectivity index (χ1) is 14.5. The Kier molecular flexibility index (Phi) is 5.68. The number of anilines is 1. The van der Waals surface area contributed by atoms with Gasteiger partial charge in [-0.05, 0) is 35.7 Å². The molecule has 5 heteroatoms. The van der Waals surface area contributed by atoms with E-state index in [1.807, 2.05) is 72.8 Å². The van der Waals surface area contributed by atoms with E-state index < -0.39 is 0 Å². The molecule has 2 heterocycles. The monoisotopic (exact) mass is 415 g/mol. The minimum Gasteiger partial charge on any atom is -0.357 e. The molecule has 4 rings (SSSR count). The standard InChI is InChI=1S/C25H22ClN3O/c1-16(2)23-22(25(30)28-19-11-7-4-8-12-19)21(17-9-5-3-6-10-17)24(29-23)18-13-14-27-20(26)15-18/h3-16,29H,1-2H3,(H,28,30). The molecule has 0 bridgehead atoms. The van der Waals surface area contributed by atoms with Gasteiger partial charge in [0.15, 0.2) is 0 Å². The lowest BCUT2D eigenvalue weighted by Gasteiger charge is -2.11. The molecule has 4 aromatic rings. The first kappa shape index (κ1) is 19.9. The molecule has 0 aliphatic heterocycles. The number of amides is 1. The normalized spacial score (nSPS) is 10.9. The highest BCUT2D eigenvalue weighted by Gasteiger charge is 2.26. The maximum absolute atomic E-state index is 13.5. The van der Waals surface area contributed by atoms with Gasteiger partial charge in [-0.3, -0.25) is 4.79 Å². The molecule has 0 atom stereocenters. The van der Waals surface area contributed by atoms with E-state index in [1.54, 1.807) is 6.20 Å². The third-order valence-corrected chi connectivity index (χ3v) is 5.15. The number of benzene rings is 2. The first-order valence-corrected chi connectivity index (χ1v) is 10.2. The topological polar surface area (TPSA) is 57.8 Å². The van der Waals surface area contributed by atoms with Crippen LogP contribution in [0.4, 0.5) is 5.69 Å². The number of para-hydroxylation sites is 1.